The Morgan fingerprint density at radius 1 is 1.39 bits per heavy atom. The maximum absolute atomic E-state index is 5.69. The Balaban J connectivity index is 2.31. The smallest absolute Gasteiger partial charge is 0.110 e. The Kier molecular flexibility index (Phi) is 3.54. The van der Waals surface area contributed by atoms with Crippen LogP contribution in [0.5, 0.6) is 0 Å². The average Bonchev–Trinajstić information content (AvgIpc) is 2.83. The van der Waals surface area contributed by atoms with E-state index in [2.05, 4.69) is 17.3 Å². The third kappa shape index (κ3) is 2.19. The summed E-state index contributed by atoms with van der Waals surface area (Å²) in [5.41, 5.74) is 5.16. The molecule has 0 radical (unpaired) electrons. The van der Waals surface area contributed by atoms with E-state index in [-0.39, 0.29) is 6.04 Å². The molecule has 2 aromatic heterocycles. The minimum Gasteiger partial charge on any atom is -0.466 e. The van der Waals surface area contributed by atoms with Crippen molar-refractivity contribution in [1.82, 2.24) is 15.0 Å². The van der Waals surface area contributed by atoms with Crippen molar-refractivity contribution in [3.05, 3.63) is 40.9 Å². The van der Waals surface area contributed by atoms with Crippen LogP contribution in [0.25, 0.3) is 0 Å². The van der Waals surface area contributed by atoms with Gasteiger partial charge in [0.1, 0.15) is 17.3 Å². The average molecular weight is 248 g/mol. The van der Waals surface area contributed by atoms with Crippen LogP contribution in [0.15, 0.2) is 16.8 Å². The number of hydrogen-bond donors (Lipinski definition) is 2. The minimum atomic E-state index is 0.0172. The maximum Gasteiger partial charge on any atom is 0.110 e. The van der Waals surface area contributed by atoms with Gasteiger partial charge in [0.15, 0.2) is 0 Å². The Morgan fingerprint density at radius 2 is 2.11 bits per heavy atom. The Morgan fingerprint density at radius 3 is 2.56 bits per heavy atom. The molecule has 0 bridgehead atoms. The molecule has 5 nitrogen and oxygen atoms in total. The normalized spacial score (nSPS) is 12.9. The van der Waals surface area contributed by atoms with Gasteiger partial charge in [0.2, 0.25) is 0 Å². The molecule has 0 aliphatic rings. The Labute approximate surface area is 107 Å². The number of imidazole rings is 1. The monoisotopic (exact) mass is 248 g/mol. The molecule has 3 N–H and O–H groups in total. The fraction of sp³-hybridized carbons (Fsp3) is 0.462. The summed E-state index contributed by atoms with van der Waals surface area (Å²) in [6.07, 6.45) is 4.47. The summed E-state index contributed by atoms with van der Waals surface area (Å²) in [7, 11) is 1.98. The lowest BCUT2D eigenvalue weighted by atomic mass is 10.00. The lowest BCUT2D eigenvalue weighted by Crippen LogP contribution is -2.31. The molecule has 0 aromatic carbocycles. The van der Waals surface area contributed by atoms with Crippen molar-refractivity contribution in [3.63, 3.8) is 0 Å². The van der Waals surface area contributed by atoms with E-state index < -0.39 is 0 Å². The van der Waals surface area contributed by atoms with Gasteiger partial charge in [-0.1, -0.05) is 0 Å². The maximum atomic E-state index is 5.69. The highest BCUT2D eigenvalue weighted by atomic mass is 16.3. The lowest BCUT2D eigenvalue weighted by molar-refractivity contribution is 0.480. The number of nitrogens with zero attached hydrogens (tertiary/aromatic N) is 2. The van der Waals surface area contributed by atoms with Crippen molar-refractivity contribution in [2.75, 3.05) is 0 Å². The SMILES string of the molecule is Cc1oc(C)c(C(Cc2nccn2C)NN)c1C. The molecular weight excluding hydrogens is 228 g/mol. The van der Waals surface area contributed by atoms with Gasteiger partial charge in [-0.2, -0.15) is 0 Å². The highest BCUT2D eigenvalue weighted by molar-refractivity contribution is 5.34. The fourth-order valence-corrected chi connectivity index (χ4v) is 2.34. The molecule has 0 saturated carbocycles. The van der Waals surface area contributed by atoms with Crippen LogP contribution in [0, 0.1) is 20.8 Å². The first-order valence-electron chi connectivity index (χ1n) is 6.03. The second kappa shape index (κ2) is 4.96. The van der Waals surface area contributed by atoms with Crippen LogP contribution < -0.4 is 11.3 Å². The zero-order valence-corrected chi connectivity index (χ0v) is 11.3. The third-order valence-electron chi connectivity index (χ3n) is 3.47. The van der Waals surface area contributed by atoms with Crippen molar-refractivity contribution in [1.29, 1.82) is 0 Å². The lowest BCUT2D eigenvalue weighted by Gasteiger charge is -2.16. The molecule has 5 heteroatoms. The highest BCUT2D eigenvalue weighted by Gasteiger charge is 2.21. The summed E-state index contributed by atoms with van der Waals surface area (Å²) in [5, 5.41) is 0. The summed E-state index contributed by atoms with van der Waals surface area (Å²) >= 11 is 0. The Bertz CT molecular complexity index is 541. The molecule has 98 valence electrons. The van der Waals surface area contributed by atoms with Crippen LogP contribution in [0.4, 0.5) is 0 Å². The van der Waals surface area contributed by atoms with Gasteiger partial charge in [-0.25, -0.2) is 4.98 Å². The van der Waals surface area contributed by atoms with Crippen LogP contribution in [0.2, 0.25) is 0 Å². The molecule has 0 spiro atoms. The summed E-state index contributed by atoms with van der Waals surface area (Å²) < 4.78 is 7.66. The number of nitrogens with two attached hydrogens (primary N) is 1. The van der Waals surface area contributed by atoms with Gasteiger partial charge in [0.25, 0.3) is 0 Å². The standard InChI is InChI=1S/C13H20N4O/c1-8-9(2)18-10(3)13(8)11(16-14)7-12-15-5-6-17(12)4/h5-6,11,16H,7,14H2,1-4H3. The van der Waals surface area contributed by atoms with E-state index in [9.17, 15) is 0 Å². The number of aryl methyl sites for hydroxylation is 3. The fourth-order valence-electron chi connectivity index (χ4n) is 2.34. The number of hydrazine groups is 1. The predicted octanol–water partition coefficient (Wildman–Crippen LogP) is 1.69. The van der Waals surface area contributed by atoms with Crippen LogP contribution >= 0.6 is 0 Å². The molecule has 0 aliphatic heterocycles. The summed E-state index contributed by atoms with van der Waals surface area (Å²) in [5.74, 6) is 8.55. The van der Waals surface area contributed by atoms with E-state index in [0.29, 0.717) is 0 Å². The third-order valence-corrected chi connectivity index (χ3v) is 3.47. The molecular formula is C13H20N4O. The van der Waals surface area contributed by atoms with Crippen LogP contribution in [-0.4, -0.2) is 9.55 Å². The first-order valence-corrected chi connectivity index (χ1v) is 6.03. The molecule has 1 unspecified atom stereocenters. The van der Waals surface area contributed by atoms with Gasteiger partial charge in [-0.05, 0) is 26.3 Å². The van der Waals surface area contributed by atoms with Crippen molar-refractivity contribution in [2.45, 2.75) is 33.2 Å². The molecule has 0 amide bonds. The molecule has 0 aliphatic carbocycles. The van der Waals surface area contributed by atoms with Gasteiger partial charge >= 0.3 is 0 Å². The van der Waals surface area contributed by atoms with Crippen molar-refractivity contribution < 1.29 is 4.42 Å². The number of furan rings is 1. The minimum absolute atomic E-state index is 0.0172. The Hall–Kier alpha value is -1.59. The zero-order valence-electron chi connectivity index (χ0n) is 11.3. The number of nitrogens with one attached hydrogen (secondary N) is 1. The molecule has 18 heavy (non-hydrogen) atoms. The largest absolute Gasteiger partial charge is 0.466 e. The first kappa shape index (κ1) is 12.9. The van der Waals surface area contributed by atoms with Gasteiger partial charge in [-0.3, -0.25) is 11.3 Å². The van der Waals surface area contributed by atoms with Crippen LogP contribution in [0.3, 0.4) is 0 Å². The first-order chi connectivity index (χ1) is 8.54. The van der Waals surface area contributed by atoms with Crippen molar-refractivity contribution >= 4 is 0 Å². The topological polar surface area (TPSA) is 69.0 Å². The predicted molar refractivity (Wildman–Crippen MR) is 69.9 cm³/mol. The van der Waals surface area contributed by atoms with E-state index in [4.69, 9.17) is 10.3 Å². The van der Waals surface area contributed by atoms with Gasteiger partial charge in [0, 0.05) is 31.4 Å². The number of aromatic nitrogens is 2. The molecule has 1 atom stereocenters. The molecule has 0 saturated heterocycles. The highest BCUT2D eigenvalue weighted by Crippen LogP contribution is 2.28. The van der Waals surface area contributed by atoms with Crippen LogP contribution in [-0.2, 0) is 13.5 Å². The van der Waals surface area contributed by atoms with Crippen LogP contribution in [0.1, 0.15) is 34.5 Å². The van der Waals surface area contributed by atoms with E-state index in [1.54, 1.807) is 6.20 Å². The van der Waals surface area contributed by atoms with Crippen molar-refractivity contribution in [3.8, 4) is 0 Å². The van der Waals surface area contributed by atoms with E-state index in [0.717, 1.165) is 34.9 Å². The van der Waals surface area contributed by atoms with Gasteiger partial charge < -0.3 is 8.98 Å². The zero-order chi connectivity index (χ0) is 13.3. The second-order valence-corrected chi connectivity index (χ2v) is 4.63. The van der Waals surface area contributed by atoms with Gasteiger partial charge in [-0.15, -0.1) is 0 Å². The van der Waals surface area contributed by atoms with E-state index in [1.165, 1.54) is 0 Å². The number of rotatable bonds is 4. The molecule has 2 rings (SSSR count). The quantitative estimate of drug-likeness (QED) is 0.638. The molecule has 0 fully saturated rings. The van der Waals surface area contributed by atoms with Gasteiger partial charge in [0.05, 0.1) is 6.04 Å². The van der Waals surface area contributed by atoms with E-state index in [1.807, 2.05) is 31.7 Å². The molecule has 2 aromatic rings. The summed E-state index contributed by atoms with van der Waals surface area (Å²) in [6.45, 7) is 6.00. The summed E-state index contributed by atoms with van der Waals surface area (Å²) in [4.78, 5) is 4.33. The van der Waals surface area contributed by atoms with E-state index >= 15 is 0 Å². The molecule has 2 heterocycles. The number of hydrogen-bond acceptors (Lipinski definition) is 4. The second-order valence-electron chi connectivity index (χ2n) is 4.63. The van der Waals surface area contributed by atoms with Crippen molar-refractivity contribution in [2.24, 2.45) is 12.9 Å². The summed E-state index contributed by atoms with van der Waals surface area (Å²) in [6, 6.07) is 0.0172.